The molecule has 1 aromatic heterocycles. The van der Waals surface area contributed by atoms with Crippen molar-refractivity contribution < 1.29 is 19.0 Å². The fourth-order valence-corrected chi connectivity index (χ4v) is 2.80. The predicted molar refractivity (Wildman–Crippen MR) is 96.2 cm³/mol. The Morgan fingerprint density at radius 1 is 1.21 bits per heavy atom. The molecule has 0 fully saturated rings. The maximum Gasteiger partial charge on any atom is 0.275 e. The molecule has 1 aromatic carbocycles. The second-order valence-corrected chi connectivity index (χ2v) is 5.48. The maximum atomic E-state index is 12.3. The molecule has 0 spiro atoms. The average molecular weight is 374 g/mol. The molecule has 7 nitrogen and oxygen atoms in total. The monoisotopic (exact) mass is 373 g/mol. The van der Waals surface area contributed by atoms with Gasteiger partial charge in [-0.25, -0.2) is 4.98 Å². The minimum atomic E-state index is -0.307. The summed E-state index contributed by atoms with van der Waals surface area (Å²) in [6.45, 7) is 0.501. The minimum Gasteiger partial charge on any atom is -0.493 e. The summed E-state index contributed by atoms with van der Waals surface area (Å²) in [6, 6.07) is 3.32. The zero-order valence-electron chi connectivity index (χ0n) is 13.6. The third-order valence-electron chi connectivity index (χ3n) is 3.07. The van der Waals surface area contributed by atoms with Gasteiger partial charge in [-0.2, -0.15) is 0 Å². The number of thiazole rings is 1. The highest BCUT2D eigenvalue weighted by Crippen LogP contribution is 2.40. The highest BCUT2D eigenvalue weighted by Gasteiger charge is 2.16. The molecule has 132 valence electrons. The quantitative estimate of drug-likeness (QED) is 0.773. The Bertz CT molecular complexity index is 668. The summed E-state index contributed by atoms with van der Waals surface area (Å²) in [5, 5.41) is 5.32. The van der Waals surface area contributed by atoms with E-state index in [9.17, 15) is 4.79 Å². The highest BCUT2D eigenvalue weighted by atomic mass is 35.5. The van der Waals surface area contributed by atoms with E-state index in [2.05, 4.69) is 10.3 Å². The molecule has 0 bridgehead atoms. The van der Waals surface area contributed by atoms with Crippen LogP contribution in [0.5, 0.6) is 17.2 Å². The molecule has 0 aliphatic carbocycles. The molecule has 1 heterocycles. The van der Waals surface area contributed by atoms with Crippen LogP contribution in [-0.2, 0) is 6.42 Å². The summed E-state index contributed by atoms with van der Waals surface area (Å²) in [7, 11) is 4.55. The van der Waals surface area contributed by atoms with E-state index in [-0.39, 0.29) is 18.3 Å². The molecule has 0 saturated heterocycles. The Morgan fingerprint density at radius 2 is 1.83 bits per heavy atom. The number of nitrogens with zero attached hydrogens (tertiary/aromatic N) is 1. The minimum absolute atomic E-state index is 0. The standard InChI is InChI=1S/C15H19N3O4S.ClH/c1-20-11-6-9(7-12(21-2)14(11)22-3)17-15(19)10-8-23-13(18-10)4-5-16;/h6-8H,4-5,16H2,1-3H3,(H,17,19);1H. The van der Waals surface area contributed by atoms with Crippen LogP contribution in [0.1, 0.15) is 15.5 Å². The van der Waals surface area contributed by atoms with Gasteiger partial charge in [-0.3, -0.25) is 4.79 Å². The number of methoxy groups -OCH3 is 3. The van der Waals surface area contributed by atoms with Crippen LogP contribution in [0.25, 0.3) is 0 Å². The lowest BCUT2D eigenvalue weighted by atomic mass is 10.2. The number of benzene rings is 1. The van der Waals surface area contributed by atoms with E-state index in [1.807, 2.05) is 0 Å². The SMILES string of the molecule is COc1cc(NC(=O)c2csc(CCN)n2)cc(OC)c1OC.Cl. The zero-order chi connectivity index (χ0) is 16.8. The first-order valence-corrected chi connectivity index (χ1v) is 7.76. The van der Waals surface area contributed by atoms with Gasteiger partial charge in [-0.1, -0.05) is 0 Å². The number of hydrogen-bond acceptors (Lipinski definition) is 7. The first-order chi connectivity index (χ1) is 11.1. The second kappa shape index (κ2) is 9.31. The van der Waals surface area contributed by atoms with Crippen LogP contribution < -0.4 is 25.3 Å². The van der Waals surface area contributed by atoms with Crippen molar-refractivity contribution in [2.45, 2.75) is 6.42 Å². The first kappa shape index (κ1) is 20.0. The molecule has 1 amide bonds. The predicted octanol–water partition coefficient (Wildman–Crippen LogP) is 2.34. The molecular formula is C15H20ClN3O4S. The van der Waals surface area contributed by atoms with Gasteiger partial charge in [0.05, 0.1) is 26.3 Å². The molecule has 24 heavy (non-hydrogen) atoms. The fourth-order valence-electron chi connectivity index (χ4n) is 2.00. The lowest BCUT2D eigenvalue weighted by molar-refractivity contribution is 0.102. The normalized spacial score (nSPS) is 9.83. The van der Waals surface area contributed by atoms with Crippen molar-refractivity contribution in [1.82, 2.24) is 4.98 Å². The number of aromatic nitrogens is 1. The summed E-state index contributed by atoms with van der Waals surface area (Å²) in [6.07, 6.45) is 0.655. The number of rotatable bonds is 7. The number of halogens is 1. The maximum absolute atomic E-state index is 12.3. The van der Waals surface area contributed by atoms with E-state index in [0.29, 0.717) is 41.6 Å². The molecule has 0 unspecified atom stereocenters. The fraction of sp³-hybridized carbons (Fsp3) is 0.333. The molecule has 2 aromatic rings. The van der Waals surface area contributed by atoms with Gasteiger partial charge >= 0.3 is 0 Å². The summed E-state index contributed by atoms with van der Waals surface area (Å²) < 4.78 is 15.8. The van der Waals surface area contributed by atoms with Crippen LogP contribution >= 0.6 is 23.7 Å². The van der Waals surface area contributed by atoms with Crippen molar-refractivity contribution in [2.24, 2.45) is 5.73 Å². The van der Waals surface area contributed by atoms with E-state index in [0.717, 1.165) is 5.01 Å². The van der Waals surface area contributed by atoms with Gasteiger partial charge in [0.15, 0.2) is 11.5 Å². The molecule has 3 N–H and O–H groups in total. The Kier molecular flexibility index (Phi) is 7.76. The topological polar surface area (TPSA) is 95.7 Å². The van der Waals surface area contributed by atoms with Crippen molar-refractivity contribution in [3.8, 4) is 17.2 Å². The van der Waals surface area contributed by atoms with Gasteiger partial charge in [-0.15, -0.1) is 23.7 Å². The van der Waals surface area contributed by atoms with Crippen LogP contribution in [0.2, 0.25) is 0 Å². The Balaban J connectivity index is 0.00000288. The molecular weight excluding hydrogens is 354 g/mol. The Hall–Kier alpha value is -2.03. The van der Waals surface area contributed by atoms with Crippen LogP contribution in [-0.4, -0.2) is 38.8 Å². The number of carbonyl (C=O) groups excluding carboxylic acids is 1. The summed E-state index contributed by atoms with van der Waals surface area (Å²) in [5.41, 5.74) is 6.37. The van der Waals surface area contributed by atoms with Gasteiger partial charge in [-0.05, 0) is 6.54 Å². The third kappa shape index (κ3) is 4.50. The number of nitrogens with two attached hydrogens (primary N) is 1. The van der Waals surface area contributed by atoms with Crippen LogP contribution in [0.4, 0.5) is 5.69 Å². The van der Waals surface area contributed by atoms with Crippen LogP contribution in [0, 0.1) is 0 Å². The van der Waals surface area contributed by atoms with E-state index in [4.69, 9.17) is 19.9 Å². The van der Waals surface area contributed by atoms with E-state index in [1.54, 1.807) is 17.5 Å². The van der Waals surface area contributed by atoms with Crippen LogP contribution in [0.3, 0.4) is 0 Å². The molecule has 9 heteroatoms. The van der Waals surface area contributed by atoms with Crippen LogP contribution in [0.15, 0.2) is 17.5 Å². The lowest BCUT2D eigenvalue weighted by Crippen LogP contribution is -2.13. The zero-order valence-corrected chi connectivity index (χ0v) is 15.3. The molecule has 2 rings (SSSR count). The lowest BCUT2D eigenvalue weighted by Gasteiger charge is -2.14. The van der Waals surface area contributed by atoms with Crippen molar-refractivity contribution in [2.75, 3.05) is 33.2 Å². The number of carbonyl (C=O) groups is 1. The average Bonchev–Trinajstić information content (AvgIpc) is 3.03. The second-order valence-electron chi connectivity index (χ2n) is 4.53. The van der Waals surface area contributed by atoms with E-state index in [1.165, 1.54) is 32.7 Å². The van der Waals surface area contributed by atoms with Crippen molar-refractivity contribution in [3.63, 3.8) is 0 Å². The molecule has 0 radical (unpaired) electrons. The van der Waals surface area contributed by atoms with Gasteiger partial charge in [0.1, 0.15) is 5.69 Å². The Labute approximate surface area is 150 Å². The molecule has 0 aliphatic heterocycles. The summed E-state index contributed by atoms with van der Waals surface area (Å²) in [5.74, 6) is 1.08. The third-order valence-corrected chi connectivity index (χ3v) is 3.97. The van der Waals surface area contributed by atoms with Crippen molar-refractivity contribution >= 4 is 35.3 Å². The van der Waals surface area contributed by atoms with E-state index >= 15 is 0 Å². The van der Waals surface area contributed by atoms with Gasteiger partial charge < -0.3 is 25.3 Å². The number of nitrogens with one attached hydrogen (secondary N) is 1. The van der Waals surface area contributed by atoms with Gasteiger partial charge in [0.2, 0.25) is 5.75 Å². The number of ether oxygens (including phenoxy) is 3. The summed E-state index contributed by atoms with van der Waals surface area (Å²) >= 11 is 1.41. The first-order valence-electron chi connectivity index (χ1n) is 6.88. The van der Waals surface area contributed by atoms with Crippen molar-refractivity contribution in [1.29, 1.82) is 0 Å². The molecule has 0 atom stereocenters. The number of hydrogen-bond donors (Lipinski definition) is 2. The van der Waals surface area contributed by atoms with Gasteiger partial charge in [0.25, 0.3) is 5.91 Å². The van der Waals surface area contributed by atoms with Crippen molar-refractivity contribution in [3.05, 3.63) is 28.2 Å². The number of amides is 1. The van der Waals surface area contributed by atoms with E-state index < -0.39 is 0 Å². The molecule has 0 aliphatic rings. The number of anilines is 1. The largest absolute Gasteiger partial charge is 0.493 e. The smallest absolute Gasteiger partial charge is 0.275 e. The Morgan fingerprint density at radius 3 is 2.33 bits per heavy atom. The molecule has 0 saturated carbocycles. The highest BCUT2D eigenvalue weighted by molar-refractivity contribution is 7.09. The summed E-state index contributed by atoms with van der Waals surface area (Å²) in [4.78, 5) is 16.5. The van der Waals surface area contributed by atoms with Gasteiger partial charge in [0, 0.05) is 29.6 Å².